The summed E-state index contributed by atoms with van der Waals surface area (Å²) in [5, 5.41) is 3.11. The molecule has 10 heteroatoms. The summed E-state index contributed by atoms with van der Waals surface area (Å²) in [6, 6.07) is 19.1. The first-order valence-electron chi connectivity index (χ1n) is 12.9. The minimum absolute atomic E-state index is 0.000515. The molecule has 0 spiro atoms. The van der Waals surface area contributed by atoms with Gasteiger partial charge in [-0.25, -0.2) is 8.42 Å². The summed E-state index contributed by atoms with van der Waals surface area (Å²) >= 11 is 12.7. The molecule has 3 aromatic rings. The zero-order chi connectivity index (χ0) is 29.7. The highest BCUT2D eigenvalue weighted by molar-refractivity contribution is 7.92. The molecule has 0 saturated carbocycles. The van der Waals surface area contributed by atoms with E-state index in [2.05, 4.69) is 5.32 Å². The van der Waals surface area contributed by atoms with Crippen molar-refractivity contribution in [3.8, 4) is 0 Å². The fraction of sp³-hybridized carbons (Fsp3) is 0.333. The number of sulfonamides is 1. The van der Waals surface area contributed by atoms with Gasteiger partial charge in [-0.15, -0.1) is 0 Å². The second kappa shape index (κ2) is 13.1. The Morgan fingerprint density at radius 1 is 0.925 bits per heavy atom. The first-order valence-corrected chi connectivity index (χ1v) is 15.1. The number of nitrogens with one attached hydrogen (secondary N) is 1. The van der Waals surface area contributed by atoms with Crippen LogP contribution >= 0.6 is 23.2 Å². The quantitative estimate of drug-likeness (QED) is 0.298. The number of hydrogen-bond acceptors (Lipinski definition) is 4. The Kier molecular flexibility index (Phi) is 10.3. The summed E-state index contributed by atoms with van der Waals surface area (Å²) in [4.78, 5) is 29.0. The minimum Gasteiger partial charge on any atom is -0.350 e. The fourth-order valence-corrected chi connectivity index (χ4v) is 6.16. The molecule has 2 amide bonds. The van der Waals surface area contributed by atoms with Crippen molar-refractivity contribution in [1.82, 2.24) is 10.2 Å². The van der Waals surface area contributed by atoms with Crippen molar-refractivity contribution in [2.75, 3.05) is 10.8 Å². The summed E-state index contributed by atoms with van der Waals surface area (Å²) < 4.78 is 28.8. The molecule has 0 aliphatic heterocycles. The van der Waals surface area contributed by atoms with E-state index in [9.17, 15) is 18.0 Å². The molecule has 7 nitrogen and oxygen atoms in total. The van der Waals surface area contributed by atoms with Gasteiger partial charge in [0, 0.05) is 12.1 Å². The second-order valence-corrected chi connectivity index (χ2v) is 13.2. The highest BCUT2D eigenvalue weighted by atomic mass is 35.5. The van der Waals surface area contributed by atoms with Gasteiger partial charge in [-0.1, -0.05) is 78.7 Å². The molecule has 3 rings (SSSR count). The molecule has 0 aromatic heterocycles. The van der Waals surface area contributed by atoms with Crippen LogP contribution in [0.5, 0.6) is 0 Å². The maximum Gasteiger partial charge on any atom is 0.264 e. The molecule has 0 aliphatic rings. The molecule has 1 N–H and O–H groups in total. The largest absolute Gasteiger partial charge is 0.350 e. The Balaban J connectivity index is 2.12. The first-order chi connectivity index (χ1) is 18.8. The number of halogens is 2. The zero-order valence-electron chi connectivity index (χ0n) is 23.3. The number of carbonyl (C=O) groups excluding carboxylic acids is 2. The van der Waals surface area contributed by atoms with E-state index in [0.29, 0.717) is 6.42 Å². The summed E-state index contributed by atoms with van der Waals surface area (Å²) in [7, 11) is -4.24. The maximum atomic E-state index is 14.2. The predicted octanol–water partition coefficient (Wildman–Crippen LogP) is 6.22. The summed E-state index contributed by atoms with van der Waals surface area (Å²) in [6.45, 7) is 8.84. The highest BCUT2D eigenvalue weighted by Gasteiger charge is 2.35. The van der Waals surface area contributed by atoms with E-state index in [1.165, 1.54) is 29.2 Å². The molecular weight excluding hydrogens is 569 g/mol. The van der Waals surface area contributed by atoms with Gasteiger partial charge < -0.3 is 10.2 Å². The van der Waals surface area contributed by atoms with Crippen LogP contribution < -0.4 is 9.62 Å². The average molecular weight is 605 g/mol. The van der Waals surface area contributed by atoms with E-state index in [1.807, 2.05) is 58.9 Å². The van der Waals surface area contributed by atoms with Crippen LogP contribution in [0.4, 0.5) is 5.69 Å². The van der Waals surface area contributed by atoms with Crippen molar-refractivity contribution in [1.29, 1.82) is 0 Å². The molecule has 0 radical (unpaired) electrons. The monoisotopic (exact) mass is 603 g/mol. The molecule has 0 saturated heterocycles. The van der Waals surface area contributed by atoms with Crippen LogP contribution in [0.15, 0.2) is 77.7 Å². The molecule has 214 valence electrons. The smallest absolute Gasteiger partial charge is 0.264 e. The third-order valence-electron chi connectivity index (χ3n) is 6.30. The Bertz CT molecular complexity index is 1460. The molecule has 0 heterocycles. The Hall–Kier alpha value is -3.07. The Morgan fingerprint density at radius 3 is 2.15 bits per heavy atom. The van der Waals surface area contributed by atoms with Crippen LogP contribution in [0.1, 0.15) is 45.2 Å². The molecule has 0 bridgehead atoms. The van der Waals surface area contributed by atoms with Gasteiger partial charge in [-0.05, 0) is 69.5 Å². The van der Waals surface area contributed by atoms with Gasteiger partial charge in [0.1, 0.15) is 12.6 Å². The number of hydrogen-bond donors (Lipinski definition) is 1. The molecule has 1 unspecified atom stereocenters. The number of anilines is 1. The van der Waals surface area contributed by atoms with Crippen molar-refractivity contribution < 1.29 is 18.0 Å². The first kappa shape index (κ1) is 31.5. The van der Waals surface area contributed by atoms with Crippen molar-refractivity contribution in [2.24, 2.45) is 0 Å². The third kappa shape index (κ3) is 7.56. The van der Waals surface area contributed by atoms with Crippen molar-refractivity contribution >= 4 is 50.7 Å². The van der Waals surface area contributed by atoms with Gasteiger partial charge in [0.2, 0.25) is 11.8 Å². The van der Waals surface area contributed by atoms with E-state index in [0.717, 1.165) is 15.4 Å². The van der Waals surface area contributed by atoms with Gasteiger partial charge in [0.05, 0.1) is 20.6 Å². The van der Waals surface area contributed by atoms with Crippen LogP contribution in [-0.2, 0) is 26.2 Å². The van der Waals surface area contributed by atoms with Crippen LogP contribution in [0.2, 0.25) is 10.0 Å². The normalized spacial score (nSPS) is 12.5. The van der Waals surface area contributed by atoms with Gasteiger partial charge in [0.15, 0.2) is 0 Å². The van der Waals surface area contributed by atoms with Gasteiger partial charge in [-0.3, -0.25) is 13.9 Å². The summed E-state index contributed by atoms with van der Waals surface area (Å²) in [5.74, 6) is -0.884. The average Bonchev–Trinajstić information content (AvgIpc) is 2.89. The molecule has 40 heavy (non-hydrogen) atoms. The molecule has 1 atom stereocenters. The fourth-order valence-electron chi connectivity index (χ4n) is 4.26. The number of rotatable bonds is 10. The molecule has 0 fully saturated rings. The van der Waals surface area contributed by atoms with Crippen LogP contribution in [0, 0.1) is 6.92 Å². The third-order valence-corrected chi connectivity index (χ3v) is 8.88. The number of amides is 2. The van der Waals surface area contributed by atoms with E-state index in [1.54, 1.807) is 24.3 Å². The standard InChI is InChI=1S/C30H35Cl2N3O4S/c1-6-25(29(37)33-30(3,4)5)34(19-22-14-11-10-13-21(22)2)27(36)20-35(26-18-12-17-24(31)28(26)32)40(38,39)23-15-8-7-9-16-23/h7-18,25H,6,19-20H2,1-5H3,(H,33,37). The van der Waals surface area contributed by atoms with Gasteiger partial charge >= 0.3 is 0 Å². The van der Waals surface area contributed by atoms with Gasteiger partial charge in [-0.2, -0.15) is 0 Å². The van der Waals surface area contributed by atoms with Crippen LogP contribution in [-0.4, -0.2) is 43.3 Å². The van der Waals surface area contributed by atoms with Crippen molar-refractivity contribution in [3.63, 3.8) is 0 Å². The number of aryl methyl sites for hydroxylation is 1. The van der Waals surface area contributed by atoms with Crippen LogP contribution in [0.25, 0.3) is 0 Å². The minimum atomic E-state index is -4.24. The highest BCUT2D eigenvalue weighted by Crippen LogP contribution is 2.35. The Morgan fingerprint density at radius 2 is 1.55 bits per heavy atom. The molecule has 3 aromatic carbocycles. The lowest BCUT2D eigenvalue weighted by molar-refractivity contribution is -0.141. The summed E-state index contributed by atoms with van der Waals surface area (Å²) in [5.41, 5.74) is 1.32. The Labute approximate surface area is 247 Å². The van der Waals surface area contributed by atoms with E-state index < -0.39 is 34.1 Å². The van der Waals surface area contributed by atoms with Crippen LogP contribution in [0.3, 0.4) is 0 Å². The molecule has 0 aliphatic carbocycles. The number of carbonyl (C=O) groups is 2. The second-order valence-electron chi connectivity index (χ2n) is 10.5. The van der Waals surface area contributed by atoms with E-state index in [4.69, 9.17) is 23.2 Å². The van der Waals surface area contributed by atoms with Gasteiger partial charge in [0.25, 0.3) is 10.0 Å². The lowest BCUT2D eigenvalue weighted by atomic mass is 10.0. The summed E-state index contributed by atoms with van der Waals surface area (Å²) in [6.07, 6.45) is 0.322. The maximum absolute atomic E-state index is 14.2. The SMILES string of the molecule is CCC(C(=O)NC(C)(C)C)N(Cc1ccccc1C)C(=O)CN(c1cccc(Cl)c1Cl)S(=O)(=O)c1ccccc1. The number of benzene rings is 3. The van der Waals surface area contributed by atoms with Crippen molar-refractivity contribution in [2.45, 2.75) is 64.1 Å². The van der Waals surface area contributed by atoms with E-state index >= 15 is 0 Å². The lowest BCUT2D eigenvalue weighted by Gasteiger charge is -2.35. The topological polar surface area (TPSA) is 86.8 Å². The number of nitrogens with zero attached hydrogens (tertiary/aromatic N) is 2. The predicted molar refractivity (Wildman–Crippen MR) is 161 cm³/mol. The van der Waals surface area contributed by atoms with Crippen molar-refractivity contribution in [3.05, 3.63) is 94.0 Å². The van der Waals surface area contributed by atoms with E-state index in [-0.39, 0.29) is 33.1 Å². The zero-order valence-corrected chi connectivity index (χ0v) is 25.6. The molecular formula is C30H35Cl2N3O4S. The lowest BCUT2D eigenvalue weighted by Crippen LogP contribution is -2.55.